The molecular weight excluding hydrogens is 298 g/mol. The van der Waals surface area contributed by atoms with Crippen molar-refractivity contribution in [1.29, 1.82) is 0 Å². The maximum absolute atomic E-state index is 12.4. The van der Waals surface area contributed by atoms with Crippen LogP contribution in [-0.2, 0) is 16.6 Å². The van der Waals surface area contributed by atoms with Crippen LogP contribution in [0.2, 0.25) is 5.02 Å². The second kappa shape index (κ2) is 5.30. The van der Waals surface area contributed by atoms with E-state index in [9.17, 15) is 8.42 Å². The fourth-order valence-corrected chi connectivity index (χ4v) is 4.26. The quantitative estimate of drug-likeness (QED) is 0.846. The lowest BCUT2D eigenvalue weighted by atomic mass is 10.1. The van der Waals surface area contributed by atoms with Crippen molar-refractivity contribution in [2.24, 2.45) is 11.8 Å². The van der Waals surface area contributed by atoms with Crippen LogP contribution in [0.15, 0.2) is 23.1 Å². The number of nitrogens with one attached hydrogen (secondary N) is 1. The second-order valence-corrected chi connectivity index (χ2v) is 7.85. The first kappa shape index (κ1) is 14.3. The Kier molecular flexibility index (Phi) is 3.79. The molecule has 0 radical (unpaired) electrons. The molecular formula is C14H18ClNO3S. The molecule has 0 bridgehead atoms. The smallest absolute Gasteiger partial charge is 0.240 e. The first-order chi connectivity index (χ1) is 9.51. The van der Waals surface area contributed by atoms with Crippen molar-refractivity contribution >= 4 is 21.6 Å². The monoisotopic (exact) mass is 315 g/mol. The Labute approximate surface area is 124 Å². The summed E-state index contributed by atoms with van der Waals surface area (Å²) in [6.45, 7) is -0.195. The molecule has 0 aliphatic heterocycles. The van der Waals surface area contributed by atoms with Crippen LogP contribution in [0.4, 0.5) is 0 Å². The third-order valence-corrected chi connectivity index (χ3v) is 5.87. The van der Waals surface area contributed by atoms with Gasteiger partial charge in [-0.25, -0.2) is 13.1 Å². The number of aliphatic hydroxyl groups excluding tert-OH is 1. The van der Waals surface area contributed by atoms with E-state index in [2.05, 4.69) is 4.72 Å². The number of benzene rings is 1. The molecule has 0 aromatic heterocycles. The number of sulfonamides is 1. The minimum absolute atomic E-state index is 0.0799. The van der Waals surface area contributed by atoms with Crippen LogP contribution in [-0.4, -0.2) is 19.6 Å². The lowest BCUT2D eigenvalue weighted by Crippen LogP contribution is -2.38. The Morgan fingerprint density at radius 3 is 2.30 bits per heavy atom. The Hall–Kier alpha value is -0.620. The summed E-state index contributed by atoms with van der Waals surface area (Å²) >= 11 is 5.97. The highest BCUT2D eigenvalue weighted by molar-refractivity contribution is 7.89. The predicted octanol–water partition coefficient (Wildman–Crippen LogP) is 2.30. The molecule has 20 heavy (non-hydrogen) atoms. The van der Waals surface area contributed by atoms with Crippen molar-refractivity contribution in [1.82, 2.24) is 4.72 Å². The molecule has 0 saturated heterocycles. The van der Waals surface area contributed by atoms with Crippen molar-refractivity contribution in [3.8, 4) is 0 Å². The minimum Gasteiger partial charge on any atom is -0.392 e. The van der Waals surface area contributed by atoms with Gasteiger partial charge in [-0.2, -0.15) is 0 Å². The Balaban J connectivity index is 1.81. The summed E-state index contributed by atoms with van der Waals surface area (Å²) < 4.78 is 27.7. The van der Waals surface area contributed by atoms with Crippen molar-refractivity contribution in [3.63, 3.8) is 0 Å². The van der Waals surface area contributed by atoms with Gasteiger partial charge in [0.05, 0.1) is 11.5 Å². The summed E-state index contributed by atoms with van der Waals surface area (Å²) in [5.74, 6) is 1.01. The van der Waals surface area contributed by atoms with Crippen LogP contribution in [0.5, 0.6) is 0 Å². The third-order valence-electron chi connectivity index (χ3n) is 4.06. The van der Waals surface area contributed by atoms with Crippen LogP contribution >= 0.6 is 11.6 Å². The predicted molar refractivity (Wildman–Crippen MR) is 76.9 cm³/mol. The summed E-state index contributed by atoms with van der Waals surface area (Å²) in [6.07, 6.45) is 4.48. The number of rotatable bonds is 6. The van der Waals surface area contributed by atoms with E-state index in [-0.39, 0.29) is 22.6 Å². The van der Waals surface area contributed by atoms with E-state index >= 15 is 0 Å². The molecule has 2 aliphatic carbocycles. The van der Waals surface area contributed by atoms with Gasteiger partial charge in [-0.3, -0.25) is 0 Å². The lowest BCUT2D eigenvalue weighted by Gasteiger charge is -2.18. The van der Waals surface area contributed by atoms with E-state index in [1.807, 2.05) is 0 Å². The summed E-state index contributed by atoms with van der Waals surface area (Å²) in [4.78, 5) is 0.172. The zero-order valence-corrected chi connectivity index (χ0v) is 12.6. The standard InChI is InChI=1S/C14H18ClNO3S/c15-13-7-12(6-5-11(13)8-17)20(18,19)16-14(9-1-2-9)10-3-4-10/h5-7,9-10,14,16-17H,1-4,8H2. The van der Waals surface area contributed by atoms with Crippen molar-refractivity contribution in [2.75, 3.05) is 0 Å². The van der Waals surface area contributed by atoms with Crippen molar-refractivity contribution in [2.45, 2.75) is 43.2 Å². The Morgan fingerprint density at radius 2 is 1.85 bits per heavy atom. The number of aliphatic hydroxyl groups is 1. The van der Waals surface area contributed by atoms with Crippen molar-refractivity contribution < 1.29 is 13.5 Å². The molecule has 0 atom stereocenters. The average molecular weight is 316 g/mol. The van der Waals surface area contributed by atoms with E-state index in [0.717, 1.165) is 25.7 Å². The van der Waals surface area contributed by atoms with Gasteiger partial charge < -0.3 is 5.11 Å². The molecule has 0 spiro atoms. The van der Waals surface area contributed by atoms with Gasteiger partial charge in [0.1, 0.15) is 0 Å². The van der Waals surface area contributed by atoms with Gasteiger partial charge in [-0.15, -0.1) is 0 Å². The van der Waals surface area contributed by atoms with Crippen LogP contribution < -0.4 is 4.72 Å². The van der Waals surface area contributed by atoms with Gasteiger partial charge in [0.25, 0.3) is 0 Å². The first-order valence-electron chi connectivity index (χ1n) is 6.93. The Morgan fingerprint density at radius 1 is 1.25 bits per heavy atom. The van der Waals surface area contributed by atoms with Gasteiger partial charge in [0.2, 0.25) is 10.0 Å². The molecule has 2 N–H and O–H groups in total. The summed E-state index contributed by atoms with van der Waals surface area (Å²) in [7, 11) is -3.53. The molecule has 2 fully saturated rings. The van der Waals surface area contributed by atoms with Crippen molar-refractivity contribution in [3.05, 3.63) is 28.8 Å². The normalized spacial score (nSPS) is 19.6. The molecule has 6 heteroatoms. The third kappa shape index (κ3) is 3.01. The molecule has 2 aliphatic rings. The number of hydrogen-bond acceptors (Lipinski definition) is 3. The summed E-state index contributed by atoms with van der Waals surface area (Å²) in [5.41, 5.74) is 0.534. The highest BCUT2D eigenvalue weighted by Gasteiger charge is 2.43. The molecule has 1 aromatic rings. The van der Waals surface area contributed by atoms with Gasteiger partial charge in [-0.05, 0) is 55.2 Å². The topological polar surface area (TPSA) is 66.4 Å². The molecule has 2 saturated carbocycles. The average Bonchev–Trinajstić information content (AvgIpc) is 3.29. The minimum atomic E-state index is -3.53. The van der Waals surface area contributed by atoms with Crippen LogP contribution in [0.25, 0.3) is 0 Å². The lowest BCUT2D eigenvalue weighted by molar-refractivity contribution is 0.282. The zero-order valence-electron chi connectivity index (χ0n) is 11.0. The number of hydrogen-bond donors (Lipinski definition) is 2. The van der Waals surface area contributed by atoms with E-state index in [4.69, 9.17) is 16.7 Å². The fourth-order valence-electron chi connectivity index (χ4n) is 2.56. The highest BCUT2D eigenvalue weighted by atomic mass is 35.5. The summed E-state index contributed by atoms with van der Waals surface area (Å²) in [5, 5.41) is 9.35. The van der Waals surface area contributed by atoms with Crippen LogP contribution in [0.3, 0.4) is 0 Å². The first-order valence-corrected chi connectivity index (χ1v) is 8.79. The molecule has 0 unspecified atom stereocenters. The van der Waals surface area contributed by atoms with E-state index < -0.39 is 10.0 Å². The highest BCUT2D eigenvalue weighted by Crippen LogP contribution is 2.45. The van der Waals surface area contributed by atoms with E-state index in [1.165, 1.54) is 12.1 Å². The maximum Gasteiger partial charge on any atom is 0.240 e. The van der Waals surface area contributed by atoms with Crippen LogP contribution in [0, 0.1) is 11.8 Å². The van der Waals surface area contributed by atoms with Gasteiger partial charge in [-0.1, -0.05) is 17.7 Å². The van der Waals surface area contributed by atoms with E-state index in [1.54, 1.807) is 6.07 Å². The van der Waals surface area contributed by atoms with Gasteiger partial charge in [0.15, 0.2) is 0 Å². The molecule has 0 heterocycles. The Bertz CT molecular complexity index is 597. The fraction of sp³-hybridized carbons (Fsp3) is 0.571. The SMILES string of the molecule is O=S(=O)(NC(C1CC1)C1CC1)c1ccc(CO)c(Cl)c1. The molecule has 4 nitrogen and oxygen atoms in total. The zero-order chi connectivity index (χ0) is 14.3. The molecule has 3 rings (SSSR count). The number of halogens is 1. The second-order valence-electron chi connectivity index (χ2n) is 5.73. The maximum atomic E-state index is 12.4. The van der Waals surface area contributed by atoms with Gasteiger partial charge >= 0.3 is 0 Å². The molecule has 1 aromatic carbocycles. The largest absolute Gasteiger partial charge is 0.392 e. The van der Waals surface area contributed by atoms with Crippen LogP contribution in [0.1, 0.15) is 31.2 Å². The molecule has 0 amide bonds. The van der Waals surface area contributed by atoms with E-state index in [0.29, 0.717) is 17.4 Å². The van der Waals surface area contributed by atoms with Gasteiger partial charge in [0, 0.05) is 11.1 Å². The summed E-state index contributed by atoms with van der Waals surface area (Å²) in [6, 6.07) is 4.54. The molecule has 110 valence electrons.